The molecule has 0 aromatic heterocycles. The van der Waals surface area contributed by atoms with Crippen molar-refractivity contribution in [3.63, 3.8) is 0 Å². The minimum atomic E-state index is -0.704. The third kappa shape index (κ3) is 7.36. The Balaban J connectivity index is 1.57. The van der Waals surface area contributed by atoms with E-state index in [0.29, 0.717) is 17.8 Å². The molecule has 1 aliphatic heterocycles. The van der Waals surface area contributed by atoms with Crippen molar-refractivity contribution in [3.8, 4) is 0 Å². The van der Waals surface area contributed by atoms with Gasteiger partial charge in [-0.3, -0.25) is 9.11 Å². The first-order chi connectivity index (χ1) is 14.7. The summed E-state index contributed by atoms with van der Waals surface area (Å²) in [5.74, 6) is 1.62. The maximum atomic E-state index is 12.2. The van der Waals surface area contributed by atoms with E-state index in [1.807, 2.05) is 6.92 Å². The summed E-state index contributed by atoms with van der Waals surface area (Å²) in [6.07, 6.45) is 4.32. The third-order valence-corrected chi connectivity index (χ3v) is 7.63. The first kappa shape index (κ1) is 23.2. The second-order valence-corrected chi connectivity index (χ2v) is 10.2. The van der Waals surface area contributed by atoms with E-state index in [-0.39, 0.29) is 0 Å². The Labute approximate surface area is 184 Å². The van der Waals surface area contributed by atoms with Crippen LogP contribution in [-0.4, -0.2) is 65.0 Å². The first-order valence-corrected chi connectivity index (χ1v) is 12.9. The number of rotatable bonds is 8. The number of nitrogens with zero attached hydrogens (tertiary/aromatic N) is 2. The van der Waals surface area contributed by atoms with Crippen LogP contribution in [0.2, 0.25) is 0 Å². The highest BCUT2D eigenvalue weighted by molar-refractivity contribution is 7.85. The molecular weight excluding hydrogens is 396 g/mol. The summed E-state index contributed by atoms with van der Waals surface area (Å²) < 4.78 is 17.7. The zero-order valence-corrected chi connectivity index (χ0v) is 19.4. The van der Waals surface area contributed by atoms with Crippen LogP contribution in [0, 0.1) is 0 Å². The summed E-state index contributed by atoms with van der Waals surface area (Å²) in [7, 11) is -0.704. The number of hydrogen-bond acceptors (Lipinski definition) is 4. The van der Waals surface area contributed by atoms with Crippen molar-refractivity contribution in [1.82, 2.24) is 15.5 Å². The van der Waals surface area contributed by atoms with Crippen LogP contribution in [0.5, 0.6) is 0 Å². The molecule has 2 N–H and O–H groups in total. The van der Waals surface area contributed by atoms with Crippen molar-refractivity contribution in [2.45, 2.75) is 63.9 Å². The number of benzene rings is 1. The summed E-state index contributed by atoms with van der Waals surface area (Å²) in [6.45, 7) is 10.2. The van der Waals surface area contributed by atoms with Gasteiger partial charge in [-0.15, -0.1) is 0 Å². The Bertz CT molecular complexity index is 706. The summed E-state index contributed by atoms with van der Waals surface area (Å²) in [5, 5.41) is 7.30. The van der Waals surface area contributed by atoms with Crippen LogP contribution < -0.4 is 10.6 Å². The molecule has 0 spiro atoms. The lowest BCUT2D eigenvalue weighted by Gasteiger charge is -2.30. The van der Waals surface area contributed by atoms with Crippen molar-refractivity contribution >= 4 is 16.8 Å². The molecule has 1 saturated carbocycles. The van der Waals surface area contributed by atoms with Gasteiger partial charge in [-0.2, -0.15) is 0 Å². The Morgan fingerprint density at radius 3 is 2.80 bits per heavy atom. The van der Waals surface area contributed by atoms with Crippen molar-refractivity contribution in [2.75, 3.05) is 38.6 Å². The molecule has 168 valence electrons. The van der Waals surface area contributed by atoms with Crippen LogP contribution in [0.15, 0.2) is 29.3 Å². The molecule has 1 aromatic rings. The first-order valence-electron chi connectivity index (χ1n) is 11.5. The van der Waals surface area contributed by atoms with Gasteiger partial charge in [0.05, 0.1) is 19.8 Å². The molecule has 3 atom stereocenters. The van der Waals surface area contributed by atoms with E-state index < -0.39 is 10.8 Å². The van der Waals surface area contributed by atoms with Gasteiger partial charge in [0.25, 0.3) is 0 Å². The van der Waals surface area contributed by atoms with E-state index in [0.717, 1.165) is 76.8 Å². The van der Waals surface area contributed by atoms with Crippen molar-refractivity contribution in [3.05, 3.63) is 35.4 Å². The molecule has 3 unspecified atom stereocenters. The number of ether oxygens (including phenoxy) is 1. The Hall–Kier alpha value is -1.44. The molecule has 0 radical (unpaired) electrons. The molecule has 0 bridgehead atoms. The van der Waals surface area contributed by atoms with E-state index >= 15 is 0 Å². The van der Waals surface area contributed by atoms with Crippen molar-refractivity contribution in [1.29, 1.82) is 0 Å². The number of guanidine groups is 1. The molecule has 1 aliphatic carbocycles. The zero-order valence-electron chi connectivity index (χ0n) is 18.6. The lowest BCUT2D eigenvalue weighted by atomic mass is 9.95. The van der Waals surface area contributed by atoms with Gasteiger partial charge in [-0.05, 0) is 37.3 Å². The van der Waals surface area contributed by atoms with Crippen LogP contribution in [0.4, 0.5) is 0 Å². The quantitative estimate of drug-likeness (QED) is 0.486. The summed E-state index contributed by atoms with van der Waals surface area (Å²) in [5.41, 5.74) is 2.56. The van der Waals surface area contributed by atoms with Crippen LogP contribution in [-0.2, 0) is 28.6 Å². The van der Waals surface area contributed by atoms with Crippen molar-refractivity contribution in [2.24, 2.45) is 4.99 Å². The van der Waals surface area contributed by atoms with Crippen LogP contribution in [0.3, 0.4) is 0 Å². The van der Waals surface area contributed by atoms with E-state index in [1.165, 1.54) is 11.1 Å². The van der Waals surface area contributed by atoms with E-state index in [9.17, 15) is 4.21 Å². The Kier molecular flexibility index (Phi) is 9.62. The average molecular weight is 435 g/mol. The van der Waals surface area contributed by atoms with Gasteiger partial charge in [0.2, 0.25) is 0 Å². The molecular formula is C23H38N4O2S. The maximum absolute atomic E-state index is 12.2. The minimum Gasteiger partial charge on any atom is -0.379 e. The fourth-order valence-corrected chi connectivity index (χ4v) is 5.63. The van der Waals surface area contributed by atoms with Crippen LogP contribution >= 0.6 is 0 Å². The summed E-state index contributed by atoms with van der Waals surface area (Å²) in [6, 6.07) is 9.10. The van der Waals surface area contributed by atoms with E-state index in [4.69, 9.17) is 9.73 Å². The fourth-order valence-electron chi connectivity index (χ4n) is 4.28. The highest BCUT2D eigenvalue weighted by Crippen LogP contribution is 2.23. The second-order valence-electron chi connectivity index (χ2n) is 8.20. The average Bonchev–Trinajstić information content (AvgIpc) is 2.78. The number of aliphatic imine (C=N–C) groups is 1. The molecule has 7 heteroatoms. The highest BCUT2D eigenvalue weighted by Gasteiger charge is 2.26. The fraction of sp³-hybridized carbons (Fsp3) is 0.696. The third-order valence-electron chi connectivity index (χ3n) is 5.89. The standard InChI is InChI=1S/C23H38N4O2S/c1-3-24-23(26-21-9-6-10-22(16-21)30(28)4-2)25-17-19-7-5-8-20(15-19)18-27-11-13-29-14-12-27/h5,7-8,15,21-22H,3-4,6,9-14,16-18H2,1-2H3,(H2,24,25,26). The monoisotopic (exact) mass is 434 g/mol. The number of nitrogens with one attached hydrogen (secondary N) is 2. The molecule has 6 nitrogen and oxygen atoms in total. The van der Waals surface area contributed by atoms with Gasteiger partial charge in [-0.25, -0.2) is 4.99 Å². The second kappa shape index (κ2) is 12.4. The summed E-state index contributed by atoms with van der Waals surface area (Å²) in [4.78, 5) is 7.28. The van der Waals surface area contributed by atoms with Gasteiger partial charge in [0.1, 0.15) is 0 Å². The number of hydrogen-bond donors (Lipinski definition) is 2. The summed E-state index contributed by atoms with van der Waals surface area (Å²) >= 11 is 0. The normalized spacial score (nSPS) is 24.4. The maximum Gasteiger partial charge on any atom is 0.191 e. The minimum absolute atomic E-state index is 0.320. The molecule has 1 saturated heterocycles. The van der Waals surface area contributed by atoms with Gasteiger partial charge in [0, 0.05) is 54.0 Å². The molecule has 0 amide bonds. The highest BCUT2D eigenvalue weighted by atomic mass is 32.2. The Morgan fingerprint density at radius 2 is 2.03 bits per heavy atom. The van der Waals surface area contributed by atoms with Crippen LogP contribution in [0.1, 0.15) is 50.7 Å². The van der Waals surface area contributed by atoms with Crippen molar-refractivity contribution < 1.29 is 8.95 Å². The molecule has 2 fully saturated rings. The van der Waals surface area contributed by atoms with Gasteiger partial charge in [0.15, 0.2) is 5.96 Å². The van der Waals surface area contributed by atoms with E-state index in [2.05, 4.69) is 46.7 Å². The smallest absolute Gasteiger partial charge is 0.191 e. The molecule has 1 heterocycles. The van der Waals surface area contributed by atoms with Gasteiger partial charge >= 0.3 is 0 Å². The van der Waals surface area contributed by atoms with Gasteiger partial charge in [-0.1, -0.05) is 37.6 Å². The molecule has 1 aromatic carbocycles. The molecule has 3 rings (SSSR count). The van der Waals surface area contributed by atoms with E-state index in [1.54, 1.807) is 0 Å². The predicted molar refractivity (Wildman–Crippen MR) is 125 cm³/mol. The number of morpholine rings is 1. The lowest BCUT2D eigenvalue weighted by Crippen LogP contribution is -2.46. The molecule has 30 heavy (non-hydrogen) atoms. The SMILES string of the molecule is CCNC(=NCc1cccc(CN2CCOCC2)c1)NC1CCCC(S(=O)CC)C1. The Morgan fingerprint density at radius 1 is 1.23 bits per heavy atom. The van der Waals surface area contributed by atoms with Gasteiger partial charge < -0.3 is 15.4 Å². The topological polar surface area (TPSA) is 66.0 Å². The predicted octanol–water partition coefficient (Wildman–Crippen LogP) is 2.65. The zero-order chi connectivity index (χ0) is 21.2. The largest absolute Gasteiger partial charge is 0.379 e. The lowest BCUT2D eigenvalue weighted by molar-refractivity contribution is 0.0342. The molecule has 2 aliphatic rings. The van der Waals surface area contributed by atoms with Crippen LogP contribution in [0.25, 0.3) is 0 Å².